The van der Waals surface area contributed by atoms with Crippen molar-refractivity contribution < 1.29 is 22.3 Å². The Labute approximate surface area is 188 Å². The van der Waals surface area contributed by atoms with Gasteiger partial charge in [0, 0.05) is 25.0 Å². The van der Waals surface area contributed by atoms with Gasteiger partial charge in [-0.1, -0.05) is 31.9 Å². The van der Waals surface area contributed by atoms with E-state index in [0.717, 1.165) is 63.9 Å². The Kier molecular flexibility index (Phi) is 6.24. The molecular weight excluding hydrogens is 431 g/mol. The molecule has 0 spiro atoms. The van der Waals surface area contributed by atoms with Crippen molar-refractivity contribution in [1.29, 1.82) is 0 Å². The Morgan fingerprint density at radius 3 is 2.28 bits per heavy atom. The van der Waals surface area contributed by atoms with Gasteiger partial charge in [0.2, 0.25) is 9.84 Å². The summed E-state index contributed by atoms with van der Waals surface area (Å²) in [4.78, 5) is 15.2. The number of rotatable bonds is 4. The maximum atomic E-state index is 15.2. The number of carbonyl (C=O) groups excluding carboxylic acids is 1. The lowest BCUT2D eigenvalue weighted by Gasteiger charge is -2.31. The molecule has 6 nitrogen and oxygen atoms in total. The minimum Gasteiger partial charge on any atom is -0.465 e. The van der Waals surface area contributed by atoms with Gasteiger partial charge in [-0.2, -0.15) is 0 Å². The minimum atomic E-state index is -4.24. The largest absolute Gasteiger partial charge is 0.465 e. The number of aryl methyl sites for hydroxylation is 1. The maximum Gasteiger partial charge on any atom is 0.351 e. The van der Waals surface area contributed by atoms with E-state index in [-0.39, 0.29) is 4.90 Å². The van der Waals surface area contributed by atoms with Crippen LogP contribution in [-0.2, 0) is 25.8 Å². The summed E-state index contributed by atoms with van der Waals surface area (Å²) in [5, 5.41) is 0. The molecule has 2 aromatic carbocycles. The van der Waals surface area contributed by atoms with Crippen molar-refractivity contribution in [3.8, 4) is 0 Å². The number of carbonyl (C=O) groups is 1. The van der Waals surface area contributed by atoms with Crippen LogP contribution in [0.4, 0.5) is 21.5 Å². The molecule has 0 aromatic heterocycles. The number of anilines is 3. The number of ether oxygens (including phenoxy) is 1. The maximum absolute atomic E-state index is 15.2. The van der Waals surface area contributed by atoms with Crippen molar-refractivity contribution >= 4 is 32.9 Å². The Morgan fingerprint density at radius 2 is 1.69 bits per heavy atom. The molecule has 1 saturated heterocycles. The average Bonchev–Trinajstić information content (AvgIpc) is 3.08. The minimum absolute atomic E-state index is 0.240. The van der Waals surface area contributed by atoms with Gasteiger partial charge in [-0.3, -0.25) is 0 Å². The molecule has 170 valence electrons. The van der Waals surface area contributed by atoms with E-state index in [0.29, 0.717) is 17.1 Å². The molecule has 0 radical (unpaired) electrons. The van der Waals surface area contributed by atoms with Crippen molar-refractivity contribution in [2.45, 2.75) is 43.9 Å². The summed E-state index contributed by atoms with van der Waals surface area (Å²) in [6.07, 6.45) is 6.25. The average molecular weight is 459 g/mol. The number of halogens is 1. The number of methoxy groups -OCH3 is 1. The Balaban J connectivity index is 1.90. The smallest absolute Gasteiger partial charge is 0.351 e. The summed E-state index contributed by atoms with van der Waals surface area (Å²) in [5.41, 5.74) is 2.50. The first-order valence-corrected chi connectivity index (χ1v) is 12.4. The summed E-state index contributed by atoms with van der Waals surface area (Å²) in [6, 6.07) is 10.2. The lowest BCUT2D eigenvalue weighted by molar-refractivity contribution is -0.135. The molecule has 1 fully saturated rings. The first-order valence-electron chi connectivity index (χ1n) is 10.9. The number of hydrogen-bond donors (Lipinski definition) is 0. The molecule has 2 aliphatic heterocycles. The van der Waals surface area contributed by atoms with Crippen molar-refractivity contribution in [3.05, 3.63) is 58.9 Å². The highest BCUT2D eigenvalue weighted by Crippen LogP contribution is 2.43. The van der Waals surface area contributed by atoms with Gasteiger partial charge in [-0.05, 0) is 49.1 Å². The zero-order chi connectivity index (χ0) is 22.9. The van der Waals surface area contributed by atoms with E-state index in [2.05, 4.69) is 0 Å². The number of nitrogens with zero attached hydrogens (tertiary/aromatic N) is 2. The number of benzene rings is 2. The number of sulfone groups is 1. The lowest BCUT2D eigenvalue weighted by Crippen LogP contribution is -2.29. The number of hydrogen-bond acceptors (Lipinski definition) is 6. The summed E-state index contributed by atoms with van der Waals surface area (Å²) in [7, 11) is -3.12. The van der Waals surface area contributed by atoms with Gasteiger partial charge in [0.15, 0.2) is 4.91 Å². The van der Waals surface area contributed by atoms with Crippen molar-refractivity contribution in [3.63, 3.8) is 0 Å². The van der Waals surface area contributed by atoms with Crippen LogP contribution in [0.25, 0.3) is 0 Å². The molecule has 0 N–H and O–H groups in total. The zero-order valence-electron chi connectivity index (χ0n) is 18.3. The van der Waals surface area contributed by atoms with E-state index in [1.165, 1.54) is 6.20 Å². The van der Waals surface area contributed by atoms with Crippen LogP contribution in [0.5, 0.6) is 0 Å². The Hall–Kier alpha value is -2.87. The van der Waals surface area contributed by atoms with Crippen LogP contribution in [0.2, 0.25) is 0 Å². The molecular formula is C24H27FN2O4S. The third-order valence-electron chi connectivity index (χ3n) is 6.07. The second-order valence-corrected chi connectivity index (χ2v) is 9.94. The summed E-state index contributed by atoms with van der Waals surface area (Å²) in [6.45, 7) is 3.48. The first kappa shape index (κ1) is 22.3. The van der Waals surface area contributed by atoms with Crippen molar-refractivity contribution in [1.82, 2.24) is 0 Å². The van der Waals surface area contributed by atoms with Crippen LogP contribution >= 0.6 is 0 Å². The molecule has 4 rings (SSSR count). The van der Waals surface area contributed by atoms with Crippen molar-refractivity contribution in [2.75, 3.05) is 30.0 Å². The fourth-order valence-corrected chi connectivity index (χ4v) is 5.71. The van der Waals surface area contributed by atoms with E-state index < -0.39 is 26.5 Å². The predicted octanol–water partition coefficient (Wildman–Crippen LogP) is 4.71. The van der Waals surface area contributed by atoms with E-state index >= 15 is 4.39 Å². The molecule has 2 aromatic rings. The Bertz CT molecular complexity index is 1150. The first-order chi connectivity index (χ1) is 15.4. The second-order valence-electron chi connectivity index (χ2n) is 8.05. The monoisotopic (exact) mass is 458 g/mol. The van der Waals surface area contributed by atoms with Crippen LogP contribution in [-0.4, -0.2) is 34.6 Å². The highest BCUT2D eigenvalue weighted by atomic mass is 32.2. The van der Waals surface area contributed by atoms with Crippen LogP contribution in [0.1, 0.15) is 38.2 Å². The SMILES string of the molecule is CCc1ccc(N2C=C(C(=O)OC)S(=O)(=O)c3cc(F)c(N4CCCCCC4)cc32)cc1. The molecule has 0 bridgehead atoms. The Morgan fingerprint density at radius 1 is 1.03 bits per heavy atom. The van der Waals surface area contributed by atoms with Gasteiger partial charge < -0.3 is 14.5 Å². The van der Waals surface area contributed by atoms with Crippen LogP contribution < -0.4 is 9.80 Å². The van der Waals surface area contributed by atoms with E-state index in [4.69, 9.17) is 4.74 Å². The van der Waals surface area contributed by atoms with Crippen LogP contribution in [0, 0.1) is 5.82 Å². The van der Waals surface area contributed by atoms with Crippen molar-refractivity contribution in [2.24, 2.45) is 0 Å². The third kappa shape index (κ3) is 3.99. The molecule has 0 aliphatic carbocycles. The second kappa shape index (κ2) is 8.94. The van der Waals surface area contributed by atoms with E-state index in [1.54, 1.807) is 11.0 Å². The molecule has 0 amide bonds. The fourth-order valence-electron chi connectivity index (χ4n) is 4.23. The van der Waals surface area contributed by atoms with Gasteiger partial charge in [-0.15, -0.1) is 0 Å². The van der Waals surface area contributed by atoms with E-state index in [9.17, 15) is 13.2 Å². The number of fused-ring (bicyclic) bond motifs is 1. The van der Waals surface area contributed by atoms with Crippen LogP contribution in [0.15, 0.2) is 52.4 Å². The lowest BCUT2D eigenvalue weighted by atomic mass is 10.1. The van der Waals surface area contributed by atoms with Gasteiger partial charge >= 0.3 is 5.97 Å². The predicted molar refractivity (Wildman–Crippen MR) is 122 cm³/mol. The topological polar surface area (TPSA) is 66.9 Å². The standard InChI is InChI=1S/C24H27FN2O4S/c1-3-17-8-10-18(11-9-17)27-16-23(24(28)31-2)32(29,30)22-14-19(25)20(15-21(22)27)26-12-6-4-5-7-13-26/h8-11,14-16H,3-7,12-13H2,1-2H3. The normalized spacial score (nSPS) is 17.9. The van der Waals surface area contributed by atoms with Gasteiger partial charge in [0.05, 0.1) is 23.4 Å². The summed E-state index contributed by atoms with van der Waals surface area (Å²) >= 11 is 0. The van der Waals surface area contributed by atoms with Gasteiger partial charge in [0.25, 0.3) is 0 Å². The molecule has 2 aliphatic rings. The summed E-state index contributed by atoms with van der Waals surface area (Å²) < 4.78 is 46.3. The fraction of sp³-hybridized carbons (Fsp3) is 0.375. The highest BCUT2D eigenvalue weighted by Gasteiger charge is 2.38. The molecule has 0 unspecified atom stereocenters. The zero-order valence-corrected chi connectivity index (χ0v) is 19.1. The molecule has 8 heteroatoms. The highest BCUT2D eigenvalue weighted by molar-refractivity contribution is 7.96. The molecule has 0 saturated carbocycles. The molecule has 32 heavy (non-hydrogen) atoms. The summed E-state index contributed by atoms with van der Waals surface area (Å²) in [5.74, 6) is -1.59. The third-order valence-corrected chi connectivity index (χ3v) is 7.83. The molecule has 2 heterocycles. The van der Waals surface area contributed by atoms with Gasteiger partial charge in [0.1, 0.15) is 5.82 Å². The van der Waals surface area contributed by atoms with E-state index in [1.807, 2.05) is 36.1 Å². The number of esters is 1. The van der Waals surface area contributed by atoms with Crippen LogP contribution in [0.3, 0.4) is 0 Å². The quantitative estimate of drug-likeness (QED) is 0.619. The van der Waals surface area contributed by atoms with Gasteiger partial charge in [-0.25, -0.2) is 17.6 Å². The molecule has 0 atom stereocenters.